The lowest BCUT2D eigenvalue weighted by Gasteiger charge is -2.63. The van der Waals surface area contributed by atoms with Crippen LogP contribution in [0.3, 0.4) is 0 Å². The molecule has 0 aliphatic heterocycles. The van der Waals surface area contributed by atoms with Crippen LogP contribution in [0, 0.1) is 56.7 Å². The number of hydrogen-bond acceptors (Lipinski definition) is 1. The van der Waals surface area contributed by atoms with Crippen molar-refractivity contribution in [2.75, 3.05) is 0 Å². The summed E-state index contributed by atoms with van der Waals surface area (Å²) in [6.07, 6.45) is 7.21. The van der Waals surface area contributed by atoms with Crippen LogP contribution < -0.4 is 0 Å². The number of ketones is 1. The van der Waals surface area contributed by atoms with Crippen LogP contribution >= 0.6 is 0 Å². The van der Waals surface area contributed by atoms with Gasteiger partial charge in [-0.2, -0.15) is 13.2 Å². The molecule has 0 N–H and O–H groups in total. The molecule has 0 radical (unpaired) electrons. The first-order chi connectivity index (χ1) is 15.2. The minimum atomic E-state index is -4.69. The van der Waals surface area contributed by atoms with Crippen LogP contribution in [0.25, 0.3) is 0 Å². The standard InChI is InChI=1S/C29H45F3O/c1-18(7-10-23(33)29(30,31)32)20-12-13-26(6)22-9-8-21-24(3,4)19(2)11-14-27(21)17-28(22,27)16-15-25(20,26)5/h18-22H,7-17H2,1-6H3/t18-,19+,20-,21+,22+,25-,26+,27-,28?/m1/s1. The highest BCUT2D eigenvalue weighted by atomic mass is 19.4. The Balaban J connectivity index is 1.37. The number of Topliss-reactive ketones (excluding diaryl/α,β-unsaturated/α-hetero) is 1. The quantitative estimate of drug-likeness (QED) is 0.405. The normalized spacial score (nSPS) is 51.1. The van der Waals surface area contributed by atoms with Crippen molar-refractivity contribution in [3.05, 3.63) is 0 Å². The zero-order chi connectivity index (χ0) is 24.2. The molecule has 5 aliphatic rings. The summed E-state index contributed by atoms with van der Waals surface area (Å²) >= 11 is 0. The van der Waals surface area contributed by atoms with Gasteiger partial charge >= 0.3 is 6.18 Å². The van der Waals surface area contributed by atoms with E-state index in [-0.39, 0.29) is 17.8 Å². The maximum atomic E-state index is 12.8. The molecule has 1 unspecified atom stereocenters. The van der Waals surface area contributed by atoms with Crippen molar-refractivity contribution in [3.63, 3.8) is 0 Å². The van der Waals surface area contributed by atoms with E-state index < -0.39 is 12.0 Å². The fourth-order valence-corrected chi connectivity index (χ4v) is 11.2. The van der Waals surface area contributed by atoms with Gasteiger partial charge in [0.1, 0.15) is 0 Å². The predicted molar refractivity (Wildman–Crippen MR) is 126 cm³/mol. The SMILES string of the molecule is C[C@H](CCC(=O)C(F)(F)F)[C@H]1CC[C@@]2(C)[C@@H]3CC[C@H]4C(C)(C)[C@@H](C)CC[C@@]45CC35CC[C@]12C. The predicted octanol–water partition coefficient (Wildman–Crippen LogP) is 8.61. The van der Waals surface area contributed by atoms with Crippen LogP contribution in [0.15, 0.2) is 0 Å². The van der Waals surface area contributed by atoms with Gasteiger partial charge in [-0.15, -0.1) is 0 Å². The molecule has 33 heavy (non-hydrogen) atoms. The number of carbonyl (C=O) groups excluding carboxylic acids is 1. The Morgan fingerprint density at radius 1 is 0.879 bits per heavy atom. The lowest BCUT2D eigenvalue weighted by atomic mass is 9.41. The van der Waals surface area contributed by atoms with Gasteiger partial charge in [-0.3, -0.25) is 4.79 Å². The van der Waals surface area contributed by atoms with Crippen molar-refractivity contribution in [1.82, 2.24) is 0 Å². The minimum absolute atomic E-state index is 0.177. The third-order valence-electron chi connectivity index (χ3n) is 13.6. The van der Waals surface area contributed by atoms with Crippen LogP contribution in [0.2, 0.25) is 0 Å². The van der Waals surface area contributed by atoms with Crippen molar-refractivity contribution in [2.24, 2.45) is 56.7 Å². The molecule has 0 amide bonds. The van der Waals surface area contributed by atoms with Gasteiger partial charge in [0.25, 0.3) is 0 Å². The maximum Gasteiger partial charge on any atom is 0.449 e. The van der Waals surface area contributed by atoms with Crippen LogP contribution in [0.4, 0.5) is 13.2 Å². The summed E-state index contributed by atoms with van der Waals surface area (Å²) in [5, 5.41) is 0. The summed E-state index contributed by atoms with van der Waals surface area (Å²) < 4.78 is 38.3. The van der Waals surface area contributed by atoms with Gasteiger partial charge in [-0.25, -0.2) is 0 Å². The number of rotatable bonds is 4. The molecule has 2 spiro atoms. The zero-order valence-electron chi connectivity index (χ0n) is 21.7. The maximum absolute atomic E-state index is 12.8. The topological polar surface area (TPSA) is 17.1 Å². The number of hydrogen-bond donors (Lipinski definition) is 0. The highest BCUT2D eigenvalue weighted by Gasteiger charge is 2.81. The van der Waals surface area contributed by atoms with Crippen molar-refractivity contribution >= 4 is 5.78 Å². The molecule has 0 heterocycles. The molecule has 5 rings (SSSR count). The third-order valence-corrected chi connectivity index (χ3v) is 13.6. The second-order valence-electron chi connectivity index (χ2n) is 14.3. The molecule has 9 atom stereocenters. The van der Waals surface area contributed by atoms with Crippen molar-refractivity contribution in [3.8, 4) is 0 Å². The molecule has 5 fully saturated rings. The monoisotopic (exact) mass is 466 g/mol. The lowest BCUT2D eigenvalue weighted by Crippen LogP contribution is -2.56. The first kappa shape index (κ1) is 24.2. The van der Waals surface area contributed by atoms with Crippen molar-refractivity contribution in [1.29, 1.82) is 0 Å². The summed E-state index contributed by atoms with van der Waals surface area (Å²) in [6.45, 7) is 14.7. The Kier molecular flexibility index (Phi) is 5.14. The second kappa shape index (κ2) is 7.02. The zero-order valence-corrected chi connectivity index (χ0v) is 21.7. The summed E-state index contributed by atoms with van der Waals surface area (Å²) in [5.74, 6) is 1.52. The Labute approximate surface area is 199 Å². The van der Waals surface area contributed by atoms with Gasteiger partial charge in [-0.1, -0.05) is 41.5 Å². The van der Waals surface area contributed by atoms with Gasteiger partial charge < -0.3 is 0 Å². The van der Waals surface area contributed by atoms with E-state index in [0.29, 0.717) is 34.0 Å². The van der Waals surface area contributed by atoms with E-state index in [1.54, 1.807) is 0 Å². The Morgan fingerprint density at radius 2 is 1.52 bits per heavy atom. The smallest absolute Gasteiger partial charge is 0.290 e. The highest BCUT2D eigenvalue weighted by molar-refractivity contribution is 5.83. The Bertz CT molecular complexity index is 831. The average Bonchev–Trinajstić information content (AvgIpc) is 3.31. The van der Waals surface area contributed by atoms with E-state index in [9.17, 15) is 18.0 Å². The fraction of sp³-hybridized carbons (Fsp3) is 0.966. The van der Waals surface area contributed by atoms with E-state index in [2.05, 4.69) is 41.5 Å². The summed E-state index contributed by atoms with van der Waals surface area (Å²) in [4.78, 5) is 11.5. The molecular weight excluding hydrogens is 421 g/mol. The Morgan fingerprint density at radius 3 is 2.18 bits per heavy atom. The van der Waals surface area contributed by atoms with Gasteiger partial charge in [0.05, 0.1) is 0 Å². The van der Waals surface area contributed by atoms with Crippen LogP contribution in [0.1, 0.15) is 112 Å². The van der Waals surface area contributed by atoms with Crippen LogP contribution in [-0.2, 0) is 4.79 Å². The van der Waals surface area contributed by atoms with E-state index in [4.69, 9.17) is 0 Å². The molecule has 0 aromatic carbocycles. The van der Waals surface area contributed by atoms with Crippen molar-refractivity contribution in [2.45, 2.75) is 118 Å². The molecular formula is C29H45F3O. The van der Waals surface area contributed by atoms with Gasteiger partial charge in [0, 0.05) is 6.42 Å². The molecule has 188 valence electrons. The van der Waals surface area contributed by atoms with Crippen LogP contribution in [0.5, 0.6) is 0 Å². The largest absolute Gasteiger partial charge is 0.449 e. The number of alkyl halides is 3. The average molecular weight is 467 g/mol. The summed E-state index contributed by atoms with van der Waals surface area (Å²) in [7, 11) is 0. The van der Waals surface area contributed by atoms with Gasteiger partial charge in [0.2, 0.25) is 5.78 Å². The summed E-state index contributed by atoms with van der Waals surface area (Å²) in [5.41, 5.74) is 2.02. The van der Waals surface area contributed by atoms with E-state index in [1.165, 1.54) is 51.4 Å². The number of fused-ring (bicyclic) bond motifs is 2. The second-order valence-corrected chi connectivity index (χ2v) is 14.3. The highest BCUT2D eigenvalue weighted by Crippen LogP contribution is 2.89. The van der Waals surface area contributed by atoms with Crippen LogP contribution in [-0.4, -0.2) is 12.0 Å². The molecule has 4 heteroatoms. The molecule has 5 aliphatic carbocycles. The van der Waals surface area contributed by atoms with Gasteiger partial charge in [0.15, 0.2) is 0 Å². The first-order valence-electron chi connectivity index (χ1n) is 13.8. The number of halogens is 3. The molecule has 5 saturated carbocycles. The molecule has 0 aromatic heterocycles. The first-order valence-corrected chi connectivity index (χ1v) is 13.8. The number of carbonyl (C=O) groups is 1. The van der Waals surface area contributed by atoms with Gasteiger partial charge in [-0.05, 0) is 121 Å². The van der Waals surface area contributed by atoms with Crippen molar-refractivity contribution < 1.29 is 18.0 Å². The summed E-state index contributed by atoms with van der Waals surface area (Å²) in [6, 6.07) is 0. The van der Waals surface area contributed by atoms with E-state index >= 15 is 0 Å². The minimum Gasteiger partial charge on any atom is -0.290 e. The van der Waals surface area contributed by atoms with E-state index in [1.807, 2.05) is 0 Å². The Hall–Kier alpha value is -0.540. The fourth-order valence-electron chi connectivity index (χ4n) is 11.2. The molecule has 0 saturated heterocycles. The molecule has 0 aromatic rings. The third kappa shape index (κ3) is 2.93. The lowest BCUT2D eigenvalue weighted by molar-refractivity contribution is -0.171. The molecule has 0 bridgehead atoms. The molecule has 1 nitrogen and oxygen atoms in total. The van der Waals surface area contributed by atoms with E-state index in [0.717, 1.165) is 24.2 Å².